The minimum Gasteiger partial charge on any atom is -0.481 e. The summed E-state index contributed by atoms with van der Waals surface area (Å²) in [4.78, 5) is 22.2. The molecule has 5 heteroatoms. The van der Waals surface area contributed by atoms with Crippen molar-refractivity contribution in [3.8, 4) is 0 Å². The molecule has 0 radical (unpaired) electrons. The van der Waals surface area contributed by atoms with Crippen LogP contribution in [0.25, 0.3) is 0 Å². The van der Waals surface area contributed by atoms with Crippen LogP contribution in [0, 0.1) is 0 Å². The SMILES string of the molecule is CC(Cc1ccc(CCCC(=O)O)cc1)NC(=O)OC(C)(C)C. The Hall–Kier alpha value is -2.04. The van der Waals surface area contributed by atoms with E-state index in [0.717, 1.165) is 17.5 Å². The van der Waals surface area contributed by atoms with Crippen LogP contribution in [0.5, 0.6) is 0 Å². The molecule has 0 aliphatic carbocycles. The molecule has 1 aromatic carbocycles. The van der Waals surface area contributed by atoms with Crippen LogP contribution in [0.15, 0.2) is 24.3 Å². The van der Waals surface area contributed by atoms with Crippen LogP contribution in [-0.4, -0.2) is 28.8 Å². The maximum Gasteiger partial charge on any atom is 0.407 e. The van der Waals surface area contributed by atoms with Crippen molar-refractivity contribution in [1.82, 2.24) is 5.32 Å². The van der Waals surface area contributed by atoms with Gasteiger partial charge in [0, 0.05) is 12.5 Å². The summed E-state index contributed by atoms with van der Waals surface area (Å²) < 4.78 is 5.23. The molecule has 0 saturated heterocycles. The van der Waals surface area contributed by atoms with Crippen molar-refractivity contribution in [2.45, 2.75) is 65.0 Å². The van der Waals surface area contributed by atoms with Gasteiger partial charge in [-0.15, -0.1) is 0 Å². The monoisotopic (exact) mass is 321 g/mol. The molecule has 1 unspecified atom stereocenters. The molecule has 0 aromatic heterocycles. The maximum atomic E-state index is 11.7. The van der Waals surface area contributed by atoms with Crippen molar-refractivity contribution >= 4 is 12.1 Å². The molecule has 5 nitrogen and oxygen atoms in total. The van der Waals surface area contributed by atoms with Crippen molar-refractivity contribution in [3.63, 3.8) is 0 Å². The second-order valence-electron chi connectivity index (χ2n) is 6.82. The number of hydrogen-bond donors (Lipinski definition) is 2. The van der Waals surface area contributed by atoms with Gasteiger partial charge in [0.25, 0.3) is 0 Å². The lowest BCUT2D eigenvalue weighted by molar-refractivity contribution is -0.137. The van der Waals surface area contributed by atoms with E-state index in [2.05, 4.69) is 5.32 Å². The van der Waals surface area contributed by atoms with Crippen LogP contribution in [0.3, 0.4) is 0 Å². The molecule has 0 fully saturated rings. The zero-order valence-electron chi connectivity index (χ0n) is 14.4. The van der Waals surface area contributed by atoms with Crippen molar-refractivity contribution in [1.29, 1.82) is 0 Å². The normalized spacial score (nSPS) is 12.5. The number of benzene rings is 1. The molecule has 2 N–H and O–H groups in total. The van der Waals surface area contributed by atoms with E-state index < -0.39 is 17.7 Å². The highest BCUT2D eigenvalue weighted by atomic mass is 16.6. The topological polar surface area (TPSA) is 75.6 Å². The number of carboxylic acids is 1. The second-order valence-corrected chi connectivity index (χ2v) is 6.82. The number of ether oxygens (including phenoxy) is 1. The first kappa shape index (κ1) is 19.0. The predicted molar refractivity (Wildman–Crippen MR) is 89.6 cm³/mol. The lowest BCUT2D eigenvalue weighted by Crippen LogP contribution is -2.38. The summed E-state index contributed by atoms with van der Waals surface area (Å²) >= 11 is 0. The first-order chi connectivity index (χ1) is 10.7. The Balaban J connectivity index is 2.42. The number of hydrogen-bond acceptors (Lipinski definition) is 3. The van der Waals surface area contributed by atoms with Gasteiger partial charge in [0.1, 0.15) is 5.60 Å². The van der Waals surface area contributed by atoms with Crippen molar-refractivity contribution in [3.05, 3.63) is 35.4 Å². The molecule has 0 heterocycles. The molecule has 0 saturated carbocycles. The highest BCUT2D eigenvalue weighted by molar-refractivity contribution is 5.68. The third-order valence-electron chi connectivity index (χ3n) is 3.18. The maximum absolute atomic E-state index is 11.7. The highest BCUT2D eigenvalue weighted by Gasteiger charge is 2.17. The third kappa shape index (κ3) is 8.86. The Morgan fingerprint density at radius 2 is 1.74 bits per heavy atom. The van der Waals surface area contributed by atoms with Gasteiger partial charge in [-0.05, 0) is 58.1 Å². The van der Waals surface area contributed by atoms with E-state index >= 15 is 0 Å². The lowest BCUT2D eigenvalue weighted by Gasteiger charge is -2.22. The van der Waals surface area contributed by atoms with Gasteiger partial charge in [0.05, 0.1) is 0 Å². The van der Waals surface area contributed by atoms with Gasteiger partial charge in [-0.2, -0.15) is 0 Å². The second kappa shape index (κ2) is 8.56. The van der Waals surface area contributed by atoms with Gasteiger partial charge in [0.2, 0.25) is 0 Å². The summed E-state index contributed by atoms with van der Waals surface area (Å²) in [5, 5.41) is 11.5. The Kier molecular flexibility index (Phi) is 7.07. The molecule has 1 atom stereocenters. The summed E-state index contributed by atoms with van der Waals surface area (Å²) in [5.74, 6) is -0.760. The van der Waals surface area contributed by atoms with Gasteiger partial charge in [-0.3, -0.25) is 4.79 Å². The van der Waals surface area contributed by atoms with Crippen LogP contribution < -0.4 is 5.32 Å². The van der Waals surface area contributed by atoms with Gasteiger partial charge in [-0.25, -0.2) is 4.79 Å². The van der Waals surface area contributed by atoms with E-state index in [4.69, 9.17) is 9.84 Å². The summed E-state index contributed by atoms with van der Waals surface area (Å²) in [6, 6.07) is 8.03. The molecular formula is C18H27NO4. The molecule has 0 spiro atoms. The van der Waals surface area contributed by atoms with E-state index in [1.54, 1.807) is 0 Å². The van der Waals surface area contributed by atoms with Crippen LogP contribution >= 0.6 is 0 Å². The number of carbonyl (C=O) groups excluding carboxylic acids is 1. The van der Waals surface area contributed by atoms with Crippen LogP contribution in [0.1, 0.15) is 51.7 Å². The number of alkyl carbamates (subject to hydrolysis) is 1. The smallest absolute Gasteiger partial charge is 0.407 e. The van der Waals surface area contributed by atoms with Gasteiger partial charge >= 0.3 is 12.1 Å². The molecule has 1 aromatic rings. The molecule has 128 valence electrons. The number of amides is 1. The average molecular weight is 321 g/mol. The average Bonchev–Trinajstić information content (AvgIpc) is 2.37. The zero-order valence-corrected chi connectivity index (χ0v) is 14.4. The van der Waals surface area contributed by atoms with Crippen molar-refractivity contribution < 1.29 is 19.4 Å². The quantitative estimate of drug-likeness (QED) is 0.805. The summed E-state index contributed by atoms with van der Waals surface area (Å²) in [6.45, 7) is 7.44. The fourth-order valence-electron chi connectivity index (χ4n) is 2.20. The minimum atomic E-state index is -0.760. The van der Waals surface area contributed by atoms with E-state index in [1.165, 1.54) is 0 Å². The molecule has 0 aliphatic rings. The van der Waals surface area contributed by atoms with Crippen molar-refractivity contribution in [2.24, 2.45) is 0 Å². The molecule has 1 rings (SSSR count). The van der Waals surface area contributed by atoms with Gasteiger partial charge < -0.3 is 15.2 Å². The van der Waals surface area contributed by atoms with Gasteiger partial charge in [0.15, 0.2) is 0 Å². The Morgan fingerprint density at radius 3 is 2.26 bits per heavy atom. The number of nitrogens with one attached hydrogen (secondary N) is 1. The van der Waals surface area contributed by atoms with Crippen LogP contribution in [-0.2, 0) is 22.4 Å². The Morgan fingerprint density at radius 1 is 1.17 bits per heavy atom. The first-order valence-corrected chi connectivity index (χ1v) is 7.95. The van der Waals surface area contributed by atoms with E-state index in [0.29, 0.717) is 12.8 Å². The van der Waals surface area contributed by atoms with E-state index in [9.17, 15) is 9.59 Å². The number of aryl methyl sites for hydroxylation is 1. The Bertz CT molecular complexity index is 517. The number of carboxylic acid groups (broad SMARTS) is 1. The fraction of sp³-hybridized carbons (Fsp3) is 0.556. The molecular weight excluding hydrogens is 294 g/mol. The summed E-state index contributed by atoms with van der Waals surface area (Å²) in [5.41, 5.74) is 1.75. The Labute approximate surface area is 138 Å². The first-order valence-electron chi connectivity index (χ1n) is 7.95. The summed E-state index contributed by atoms with van der Waals surface area (Å²) in [7, 11) is 0. The standard InChI is InChI=1S/C18H27NO4/c1-13(19-17(22)23-18(2,3)4)12-15-10-8-14(9-11-15)6-5-7-16(20)21/h8-11,13H,5-7,12H2,1-4H3,(H,19,22)(H,20,21). The van der Waals surface area contributed by atoms with Crippen molar-refractivity contribution in [2.75, 3.05) is 0 Å². The fourth-order valence-corrected chi connectivity index (χ4v) is 2.20. The highest BCUT2D eigenvalue weighted by Crippen LogP contribution is 2.11. The van der Waals surface area contributed by atoms with Crippen LogP contribution in [0.4, 0.5) is 4.79 Å². The minimum absolute atomic E-state index is 0.0253. The lowest BCUT2D eigenvalue weighted by atomic mass is 10.0. The molecule has 0 aliphatic heterocycles. The zero-order chi connectivity index (χ0) is 17.5. The number of carbonyl (C=O) groups is 2. The van der Waals surface area contributed by atoms with E-state index in [-0.39, 0.29) is 12.5 Å². The largest absolute Gasteiger partial charge is 0.481 e. The van der Waals surface area contributed by atoms with E-state index in [1.807, 2.05) is 52.0 Å². The van der Waals surface area contributed by atoms with Gasteiger partial charge in [-0.1, -0.05) is 24.3 Å². The molecule has 23 heavy (non-hydrogen) atoms. The molecule has 1 amide bonds. The third-order valence-corrected chi connectivity index (χ3v) is 3.18. The predicted octanol–water partition coefficient (Wildman–Crippen LogP) is 3.55. The summed E-state index contributed by atoms with van der Waals surface area (Å²) in [6.07, 6.45) is 1.91. The number of aliphatic carboxylic acids is 1. The molecule has 0 bridgehead atoms. The van der Waals surface area contributed by atoms with Crippen LogP contribution in [0.2, 0.25) is 0 Å². The number of rotatable bonds is 7.